The van der Waals surface area contributed by atoms with Crippen molar-refractivity contribution in [3.8, 4) is 0 Å². The molecule has 2 rings (SSSR count). The van der Waals surface area contributed by atoms with Crippen molar-refractivity contribution < 1.29 is 4.79 Å². The molecule has 0 saturated heterocycles. The van der Waals surface area contributed by atoms with Crippen LogP contribution in [0.1, 0.15) is 36.1 Å². The van der Waals surface area contributed by atoms with Gasteiger partial charge in [-0.25, -0.2) is 0 Å². The van der Waals surface area contributed by atoms with E-state index in [9.17, 15) is 4.79 Å². The summed E-state index contributed by atoms with van der Waals surface area (Å²) in [5, 5.41) is 4.37. The summed E-state index contributed by atoms with van der Waals surface area (Å²) in [5.74, 6) is -0.0478. The van der Waals surface area contributed by atoms with Gasteiger partial charge in [0.1, 0.15) is 5.69 Å². The second kappa shape index (κ2) is 5.96. The van der Waals surface area contributed by atoms with Crippen LogP contribution in [0.3, 0.4) is 0 Å². The van der Waals surface area contributed by atoms with Gasteiger partial charge in [-0.05, 0) is 57.8 Å². The third kappa shape index (κ3) is 3.51. The Labute approximate surface area is 128 Å². The summed E-state index contributed by atoms with van der Waals surface area (Å²) >= 11 is 6.66. The lowest BCUT2D eigenvalue weighted by atomic mass is 10.1. The zero-order valence-corrected chi connectivity index (χ0v) is 13.8. The average molecular weight is 387 g/mol. The largest absolute Gasteiger partial charge is 0.292 e. The van der Waals surface area contributed by atoms with Crippen molar-refractivity contribution in [3.05, 3.63) is 44.9 Å². The van der Waals surface area contributed by atoms with E-state index in [-0.39, 0.29) is 12.2 Å². The van der Waals surface area contributed by atoms with Crippen LogP contribution in [-0.4, -0.2) is 20.5 Å². The molecule has 0 spiro atoms. The molecule has 0 bridgehead atoms. The topological polar surface area (TPSA) is 47.8 Å². The summed E-state index contributed by atoms with van der Waals surface area (Å²) in [6.45, 7) is 4.09. The van der Waals surface area contributed by atoms with Crippen molar-refractivity contribution in [3.63, 3.8) is 0 Å². The third-order valence-electron chi connectivity index (χ3n) is 2.61. The molecule has 2 heterocycles. The predicted molar refractivity (Wildman–Crippen MR) is 80.3 cm³/mol. The molecule has 0 aliphatic heterocycles. The molecular formula is C13H13Br2N3O. The van der Waals surface area contributed by atoms with Gasteiger partial charge in [-0.2, -0.15) is 5.10 Å². The van der Waals surface area contributed by atoms with Crippen LogP contribution in [0, 0.1) is 0 Å². The van der Waals surface area contributed by atoms with Crippen LogP contribution in [0.15, 0.2) is 33.5 Å². The van der Waals surface area contributed by atoms with Crippen molar-refractivity contribution in [1.82, 2.24) is 14.8 Å². The number of aromatic nitrogens is 3. The Morgan fingerprint density at radius 1 is 1.42 bits per heavy atom. The van der Waals surface area contributed by atoms with Crippen molar-refractivity contribution >= 4 is 37.6 Å². The molecule has 0 aliphatic carbocycles. The summed E-state index contributed by atoms with van der Waals surface area (Å²) in [7, 11) is 0. The van der Waals surface area contributed by atoms with Crippen LogP contribution in [0.4, 0.5) is 0 Å². The molecule has 0 N–H and O–H groups in total. The Morgan fingerprint density at radius 3 is 2.74 bits per heavy atom. The lowest BCUT2D eigenvalue weighted by Gasteiger charge is -2.04. The smallest absolute Gasteiger partial charge is 0.188 e. The fourth-order valence-electron chi connectivity index (χ4n) is 1.63. The molecule has 2 aromatic heterocycles. The lowest BCUT2D eigenvalue weighted by Crippen LogP contribution is -2.09. The maximum absolute atomic E-state index is 12.2. The standard InChI is InChI=1S/C13H13Br2N3O/c1-8(2)18-4-3-10(17-18)6-12(19)13-11(15)5-9(14)7-16-13/h3-5,7-8H,6H2,1-2H3. The van der Waals surface area contributed by atoms with E-state index >= 15 is 0 Å². The van der Waals surface area contributed by atoms with Crippen LogP contribution in [-0.2, 0) is 6.42 Å². The minimum atomic E-state index is -0.0478. The number of carbonyl (C=O) groups is 1. The Morgan fingerprint density at radius 2 is 2.16 bits per heavy atom. The number of halogens is 2. The number of Topliss-reactive ketones (excluding diaryl/α,β-unsaturated/α-hetero) is 1. The minimum absolute atomic E-state index is 0.0478. The molecule has 2 aromatic rings. The van der Waals surface area contributed by atoms with E-state index in [1.807, 2.05) is 36.9 Å². The van der Waals surface area contributed by atoms with Crippen LogP contribution >= 0.6 is 31.9 Å². The second-order valence-corrected chi connectivity index (χ2v) is 6.23. The Bertz CT molecular complexity index is 608. The molecule has 0 amide bonds. The number of pyridine rings is 1. The number of ketones is 1. The fourth-order valence-corrected chi connectivity index (χ4v) is 2.84. The molecule has 0 saturated carbocycles. The Kier molecular flexibility index (Phi) is 4.52. The first-order chi connectivity index (χ1) is 8.97. The molecular weight excluding hydrogens is 374 g/mol. The first kappa shape index (κ1) is 14.4. The Balaban J connectivity index is 2.16. The zero-order valence-electron chi connectivity index (χ0n) is 10.6. The van der Waals surface area contributed by atoms with E-state index in [4.69, 9.17) is 0 Å². The van der Waals surface area contributed by atoms with Gasteiger partial charge in [0.05, 0.1) is 12.1 Å². The molecule has 0 radical (unpaired) electrons. The number of hydrogen-bond acceptors (Lipinski definition) is 3. The molecule has 0 atom stereocenters. The third-order valence-corrected chi connectivity index (χ3v) is 3.64. The van der Waals surface area contributed by atoms with Crippen molar-refractivity contribution in [2.45, 2.75) is 26.3 Å². The van der Waals surface area contributed by atoms with Gasteiger partial charge >= 0.3 is 0 Å². The van der Waals surface area contributed by atoms with E-state index in [2.05, 4.69) is 41.9 Å². The SMILES string of the molecule is CC(C)n1ccc(CC(=O)c2ncc(Br)cc2Br)n1. The first-order valence-corrected chi connectivity index (χ1v) is 7.44. The van der Waals surface area contributed by atoms with Crippen molar-refractivity contribution in [2.24, 2.45) is 0 Å². The van der Waals surface area contributed by atoms with E-state index < -0.39 is 0 Å². The van der Waals surface area contributed by atoms with Gasteiger partial charge in [-0.15, -0.1) is 0 Å². The van der Waals surface area contributed by atoms with Crippen molar-refractivity contribution in [1.29, 1.82) is 0 Å². The monoisotopic (exact) mass is 385 g/mol. The minimum Gasteiger partial charge on any atom is -0.292 e. The molecule has 4 nitrogen and oxygen atoms in total. The second-order valence-electron chi connectivity index (χ2n) is 4.46. The number of carbonyl (C=O) groups excluding carboxylic acids is 1. The van der Waals surface area contributed by atoms with Crippen LogP contribution < -0.4 is 0 Å². The van der Waals surface area contributed by atoms with E-state index in [0.717, 1.165) is 10.2 Å². The van der Waals surface area contributed by atoms with Crippen LogP contribution in [0.25, 0.3) is 0 Å². The summed E-state index contributed by atoms with van der Waals surface area (Å²) in [5.41, 5.74) is 1.19. The Hall–Kier alpha value is -1.01. The van der Waals surface area contributed by atoms with E-state index in [1.54, 1.807) is 6.20 Å². The number of hydrogen-bond donors (Lipinski definition) is 0. The highest BCUT2D eigenvalue weighted by molar-refractivity contribution is 9.11. The lowest BCUT2D eigenvalue weighted by molar-refractivity contribution is 0.0986. The van der Waals surface area contributed by atoms with E-state index in [0.29, 0.717) is 16.2 Å². The molecule has 0 fully saturated rings. The molecule has 19 heavy (non-hydrogen) atoms. The quantitative estimate of drug-likeness (QED) is 0.750. The predicted octanol–water partition coefficient (Wildman–Crippen LogP) is 3.81. The summed E-state index contributed by atoms with van der Waals surface area (Å²) in [6, 6.07) is 3.97. The summed E-state index contributed by atoms with van der Waals surface area (Å²) in [6.07, 6.45) is 3.76. The van der Waals surface area contributed by atoms with Gasteiger partial charge < -0.3 is 0 Å². The van der Waals surface area contributed by atoms with Crippen LogP contribution in [0.2, 0.25) is 0 Å². The van der Waals surface area contributed by atoms with Gasteiger partial charge in [0, 0.05) is 27.4 Å². The van der Waals surface area contributed by atoms with Gasteiger partial charge in [0.15, 0.2) is 5.78 Å². The normalized spacial score (nSPS) is 11.0. The summed E-state index contributed by atoms with van der Waals surface area (Å²) < 4.78 is 3.36. The number of rotatable bonds is 4. The molecule has 0 aromatic carbocycles. The van der Waals surface area contributed by atoms with Gasteiger partial charge in [0.25, 0.3) is 0 Å². The zero-order chi connectivity index (χ0) is 14.0. The highest BCUT2D eigenvalue weighted by atomic mass is 79.9. The molecule has 0 aliphatic rings. The van der Waals surface area contributed by atoms with Gasteiger partial charge in [-0.3, -0.25) is 14.5 Å². The summed E-state index contributed by atoms with van der Waals surface area (Å²) in [4.78, 5) is 16.3. The highest BCUT2D eigenvalue weighted by Crippen LogP contribution is 2.20. The molecule has 100 valence electrons. The molecule has 0 unspecified atom stereocenters. The maximum atomic E-state index is 12.2. The first-order valence-electron chi connectivity index (χ1n) is 5.85. The fraction of sp³-hybridized carbons (Fsp3) is 0.308. The van der Waals surface area contributed by atoms with Gasteiger partial charge in [0.2, 0.25) is 0 Å². The van der Waals surface area contributed by atoms with E-state index in [1.165, 1.54) is 0 Å². The van der Waals surface area contributed by atoms with Crippen LogP contribution in [0.5, 0.6) is 0 Å². The van der Waals surface area contributed by atoms with Gasteiger partial charge in [-0.1, -0.05) is 0 Å². The number of nitrogens with zero attached hydrogens (tertiary/aromatic N) is 3. The maximum Gasteiger partial charge on any atom is 0.188 e. The average Bonchev–Trinajstić information content (AvgIpc) is 2.77. The molecule has 6 heteroatoms. The van der Waals surface area contributed by atoms with Crippen molar-refractivity contribution in [2.75, 3.05) is 0 Å². The highest BCUT2D eigenvalue weighted by Gasteiger charge is 2.14.